The Labute approximate surface area is 163 Å². The highest BCUT2D eigenvalue weighted by Gasteiger charge is 2.11. The summed E-state index contributed by atoms with van der Waals surface area (Å²) in [5.41, 5.74) is 1.49. The maximum atomic E-state index is 12.7. The van der Waals surface area contributed by atoms with Crippen molar-refractivity contribution in [1.29, 1.82) is 0 Å². The minimum Gasteiger partial charge on any atom is -0.266 e. The number of rotatable bonds is 4. The van der Waals surface area contributed by atoms with Gasteiger partial charge in [0.2, 0.25) is 4.96 Å². The van der Waals surface area contributed by atoms with Crippen LogP contribution in [-0.2, 0) is 6.42 Å². The minimum absolute atomic E-state index is 0.259. The maximum absolute atomic E-state index is 12.7. The summed E-state index contributed by atoms with van der Waals surface area (Å²) < 4.78 is 1.73. The van der Waals surface area contributed by atoms with E-state index < -0.39 is 5.56 Å². The van der Waals surface area contributed by atoms with E-state index in [0.29, 0.717) is 15.9 Å². The Morgan fingerprint density at radius 2 is 1.81 bits per heavy atom. The Morgan fingerprint density at radius 1 is 1.07 bits per heavy atom. The Bertz CT molecular complexity index is 1260. The van der Waals surface area contributed by atoms with E-state index in [4.69, 9.17) is 0 Å². The maximum Gasteiger partial charge on any atom is 0.296 e. The van der Waals surface area contributed by atoms with Crippen LogP contribution < -0.4 is 15.7 Å². The van der Waals surface area contributed by atoms with Crippen molar-refractivity contribution in [3.05, 3.63) is 96.7 Å². The van der Waals surface area contributed by atoms with Gasteiger partial charge in [-0.2, -0.15) is 14.6 Å². The van der Waals surface area contributed by atoms with Crippen molar-refractivity contribution in [1.82, 2.24) is 14.6 Å². The third-order valence-electron chi connectivity index (χ3n) is 4.08. The number of thioether (sulfide) groups is 1. The molecule has 2 heterocycles. The molecule has 27 heavy (non-hydrogen) atoms. The summed E-state index contributed by atoms with van der Waals surface area (Å²) in [7, 11) is 0. The van der Waals surface area contributed by atoms with Gasteiger partial charge in [-0.25, -0.2) is 0 Å². The lowest BCUT2D eigenvalue weighted by molar-refractivity contribution is 0.811. The van der Waals surface area contributed by atoms with E-state index in [1.54, 1.807) is 17.8 Å². The average molecular weight is 393 g/mol. The molecule has 0 aliphatic carbocycles. The second kappa shape index (κ2) is 7.46. The normalized spacial score (nSPS) is 12.0. The molecule has 2 aromatic carbocycles. The fraction of sp³-hybridized carbons (Fsp3) is 0.100. The quantitative estimate of drug-likeness (QED) is 0.498. The number of hydrogen-bond donors (Lipinski definition) is 0. The summed E-state index contributed by atoms with van der Waals surface area (Å²) in [5, 5.41) is 4.28. The molecule has 0 amide bonds. The topological polar surface area (TPSA) is 64.3 Å². The van der Waals surface area contributed by atoms with Crippen LogP contribution in [-0.4, -0.2) is 20.9 Å². The zero-order valence-electron chi connectivity index (χ0n) is 14.5. The van der Waals surface area contributed by atoms with Gasteiger partial charge in [0.25, 0.3) is 11.1 Å². The van der Waals surface area contributed by atoms with E-state index in [1.165, 1.54) is 15.9 Å². The van der Waals surface area contributed by atoms with E-state index in [-0.39, 0.29) is 11.3 Å². The van der Waals surface area contributed by atoms with Crippen LogP contribution in [0.25, 0.3) is 11.0 Å². The van der Waals surface area contributed by atoms with E-state index in [0.717, 1.165) is 16.0 Å². The number of fused-ring (bicyclic) bond motifs is 1. The molecule has 2 aromatic heterocycles. The van der Waals surface area contributed by atoms with Gasteiger partial charge in [0, 0.05) is 11.3 Å². The first-order valence-corrected chi connectivity index (χ1v) is 10.3. The molecule has 0 fully saturated rings. The van der Waals surface area contributed by atoms with Crippen LogP contribution in [0, 0.1) is 0 Å². The molecule has 0 radical (unpaired) electrons. The summed E-state index contributed by atoms with van der Waals surface area (Å²) in [6.07, 6.45) is 4.16. The highest BCUT2D eigenvalue weighted by atomic mass is 32.2. The van der Waals surface area contributed by atoms with Gasteiger partial charge >= 0.3 is 0 Å². The number of aromatic nitrogens is 3. The van der Waals surface area contributed by atoms with Crippen LogP contribution in [0.15, 0.2) is 69.1 Å². The molecular weight excluding hydrogens is 378 g/mol. The highest BCUT2D eigenvalue weighted by Crippen LogP contribution is 2.15. The van der Waals surface area contributed by atoms with Gasteiger partial charge in [0.15, 0.2) is 0 Å². The second-order valence-corrected chi connectivity index (χ2v) is 7.80. The zero-order chi connectivity index (χ0) is 18.8. The van der Waals surface area contributed by atoms with Gasteiger partial charge in [-0.05, 0) is 35.6 Å². The van der Waals surface area contributed by atoms with E-state index in [2.05, 4.69) is 10.1 Å². The first kappa shape index (κ1) is 17.6. The molecule has 0 aliphatic rings. The SMILES string of the molecule is CSc1ccc(/C=c2/sc3nc(=O)c(Cc4ccccc4)nn3c2=O)cc1. The predicted octanol–water partition coefficient (Wildman–Crippen LogP) is 2.37. The molecule has 0 bridgehead atoms. The van der Waals surface area contributed by atoms with Crippen LogP contribution in [0.4, 0.5) is 0 Å². The molecule has 0 saturated carbocycles. The molecular formula is C20H15N3O2S2. The summed E-state index contributed by atoms with van der Waals surface area (Å²) in [5.74, 6) is 0. The number of nitrogens with zero attached hydrogens (tertiary/aromatic N) is 3. The van der Waals surface area contributed by atoms with Gasteiger partial charge in [-0.1, -0.05) is 53.8 Å². The molecule has 0 saturated heterocycles. The number of thiazole rings is 1. The summed E-state index contributed by atoms with van der Waals surface area (Å²) in [4.78, 5) is 30.5. The van der Waals surface area contributed by atoms with Crippen molar-refractivity contribution < 1.29 is 0 Å². The monoisotopic (exact) mass is 393 g/mol. The van der Waals surface area contributed by atoms with Gasteiger partial charge < -0.3 is 0 Å². The van der Waals surface area contributed by atoms with E-state index in [9.17, 15) is 9.59 Å². The largest absolute Gasteiger partial charge is 0.296 e. The summed E-state index contributed by atoms with van der Waals surface area (Å²) in [6, 6.07) is 17.5. The first-order chi connectivity index (χ1) is 13.1. The zero-order valence-corrected chi connectivity index (χ0v) is 16.1. The van der Waals surface area contributed by atoms with Crippen molar-refractivity contribution in [3.8, 4) is 0 Å². The Morgan fingerprint density at radius 3 is 2.52 bits per heavy atom. The van der Waals surface area contributed by atoms with Crippen molar-refractivity contribution in [3.63, 3.8) is 0 Å². The molecule has 0 unspecified atom stereocenters. The van der Waals surface area contributed by atoms with Crippen molar-refractivity contribution in [2.24, 2.45) is 0 Å². The minimum atomic E-state index is -0.393. The standard InChI is InChI=1S/C20H15N3O2S2/c1-26-15-9-7-14(8-10-15)12-17-19(25)23-20(27-17)21-18(24)16(22-23)11-13-5-3-2-4-6-13/h2-10,12H,11H2,1H3/b17-12+. The van der Waals surface area contributed by atoms with Gasteiger partial charge in [0.05, 0.1) is 4.53 Å². The molecule has 134 valence electrons. The van der Waals surface area contributed by atoms with Crippen molar-refractivity contribution in [2.75, 3.05) is 6.26 Å². The third kappa shape index (κ3) is 3.70. The number of hydrogen-bond acceptors (Lipinski definition) is 6. The van der Waals surface area contributed by atoms with Crippen LogP contribution in [0.1, 0.15) is 16.8 Å². The van der Waals surface area contributed by atoms with E-state index >= 15 is 0 Å². The Hall–Kier alpha value is -2.77. The lowest BCUT2D eigenvalue weighted by Gasteiger charge is -1.99. The molecule has 5 nitrogen and oxygen atoms in total. The van der Waals surface area contributed by atoms with Gasteiger partial charge in [0.1, 0.15) is 5.69 Å². The Balaban J connectivity index is 1.78. The summed E-state index contributed by atoms with van der Waals surface area (Å²) in [6.45, 7) is 0. The molecule has 4 rings (SSSR count). The van der Waals surface area contributed by atoms with Crippen LogP contribution in [0.5, 0.6) is 0 Å². The van der Waals surface area contributed by atoms with Gasteiger partial charge in [-0.3, -0.25) is 9.59 Å². The third-order valence-corrected chi connectivity index (χ3v) is 5.78. The van der Waals surface area contributed by atoms with Crippen LogP contribution in [0.3, 0.4) is 0 Å². The van der Waals surface area contributed by atoms with Crippen LogP contribution in [0.2, 0.25) is 0 Å². The molecule has 0 N–H and O–H groups in total. The van der Waals surface area contributed by atoms with Crippen molar-refractivity contribution in [2.45, 2.75) is 11.3 Å². The fourth-order valence-corrected chi connectivity index (χ4v) is 4.01. The van der Waals surface area contributed by atoms with E-state index in [1.807, 2.05) is 60.9 Å². The smallest absolute Gasteiger partial charge is 0.266 e. The molecule has 7 heteroatoms. The molecule has 0 spiro atoms. The fourth-order valence-electron chi connectivity index (χ4n) is 2.69. The lowest BCUT2D eigenvalue weighted by Crippen LogP contribution is -2.28. The highest BCUT2D eigenvalue weighted by molar-refractivity contribution is 7.98. The van der Waals surface area contributed by atoms with Crippen LogP contribution >= 0.6 is 23.1 Å². The second-order valence-electron chi connectivity index (χ2n) is 5.91. The Kier molecular flexibility index (Phi) is 4.87. The van der Waals surface area contributed by atoms with Gasteiger partial charge in [-0.15, -0.1) is 11.8 Å². The van der Waals surface area contributed by atoms with Crippen molar-refractivity contribution >= 4 is 34.1 Å². The summed E-state index contributed by atoms with van der Waals surface area (Å²) >= 11 is 2.84. The average Bonchev–Trinajstić information content (AvgIpc) is 2.98. The first-order valence-electron chi connectivity index (χ1n) is 8.26. The molecule has 4 aromatic rings. The molecule has 0 aliphatic heterocycles. The lowest BCUT2D eigenvalue weighted by atomic mass is 10.1. The molecule has 0 atom stereocenters. The number of benzene rings is 2. The predicted molar refractivity (Wildman–Crippen MR) is 110 cm³/mol.